The number of hydrogen-bond acceptors (Lipinski definition) is 2. The van der Waals surface area contributed by atoms with Gasteiger partial charge in [0.1, 0.15) is 0 Å². The predicted octanol–water partition coefficient (Wildman–Crippen LogP) is 4.69. The lowest BCUT2D eigenvalue weighted by Gasteiger charge is -2.43. The quantitative estimate of drug-likeness (QED) is 0.731. The molecule has 0 spiro atoms. The molecule has 1 aromatic heterocycles. The Hall–Kier alpha value is -2.10. The normalized spacial score (nSPS) is 15.9. The first-order valence-corrected chi connectivity index (χ1v) is 8.74. The van der Waals surface area contributed by atoms with Gasteiger partial charge in [0.05, 0.1) is 5.69 Å². The molecule has 3 aromatic rings. The van der Waals surface area contributed by atoms with Crippen molar-refractivity contribution in [1.29, 1.82) is 0 Å². The molecule has 1 heterocycles. The molecule has 122 valence electrons. The minimum atomic E-state index is 0.0712. The van der Waals surface area contributed by atoms with E-state index in [0.717, 1.165) is 17.3 Å². The maximum atomic E-state index is 6.04. The molecule has 4 rings (SSSR count). The van der Waals surface area contributed by atoms with Crippen molar-refractivity contribution in [2.24, 2.45) is 0 Å². The summed E-state index contributed by atoms with van der Waals surface area (Å²) in [6.07, 6.45) is 7.38. The van der Waals surface area contributed by atoms with Crippen LogP contribution in [-0.2, 0) is 12.1 Å². The van der Waals surface area contributed by atoms with E-state index < -0.39 is 0 Å². The Morgan fingerprint density at radius 3 is 2.50 bits per heavy atom. The molecule has 1 saturated carbocycles. The number of nitrogens with zero attached hydrogens (tertiary/aromatic N) is 2. The SMILES string of the molecule is Clc1ccc(C2(NCc3ccccc3-n3cccn3)CCC2)cc1. The Balaban J connectivity index is 1.57. The third kappa shape index (κ3) is 2.85. The number of halogens is 1. The largest absolute Gasteiger partial charge is 0.303 e. The maximum absolute atomic E-state index is 6.04. The van der Waals surface area contributed by atoms with Crippen LogP contribution in [0.2, 0.25) is 5.02 Å². The van der Waals surface area contributed by atoms with Crippen molar-refractivity contribution in [1.82, 2.24) is 15.1 Å². The Morgan fingerprint density at radius 1 is 1.04 bits per heavy atom. The summed E-state index contributed by atoms with van der Waals surface area (Å²) in [7, 11) is 0. The predicted molar refractivity (Wildman–Crippen MR) is 97.4 cm³/mol. The Morgan fingerprint density at radius 2 is 1.83 bits per heavy atom. The highest BCUT2D eigenvalue weighted by atomic mass is 35.5. The summed E-state index contributed by atoms with van der Waals surface area (Å²) >= 11 is 6.04. The topological polar surface area (TPSA) is 29.9 Å². The van der Waals surface area contributed by atoms with Crippen molar-refractivity contribution in [2.45, 2.75) is 31.3 Å². The first-order valence-electron chi connectivity index (χ1n) is 8.36. The van der Waals surface area contributed by atoms with E-state index in [9.17, 15) is 0 Å². The van der Waals surface area contributed by atoms with Gasteiger partial charge < -0.3 is 5.32 Å². The van der Waals surface area contributed by atoms with Crippen LogP contribution in [0.5, 0.6) is 0 Å². The molecule has 2 aromatic carbocycles. The smallest absolute Gasteiger partial charge is 0.0690 e. The third-order valence-corrected chi connectivity index (χ3v) is 5.22. The molecule has 1 N–H and O–H groups in total. The molecule has 0 atom stereocenters. The maximum Gasteiger partial charge on any atom is 0.0690 e. The molecule has 0 bridgehead atoms. The molecule has 1 aliphatic carbocycles. The van der Waals surface area contributed by atoms with Crippen LogP contribution in [0.25, 0.3) is 5.69 Å². The Labute approximate surface area is 147 Å². The zero-order valence-electron chi connectivity index (χ0n) is 13.5. The fraction of sp³-hybridized carbons (Fsp3) is 0.250. The highest BCUT2D eigenvalue weighted by Crippen LogP contribution is 2.41. The van der Waals surface area contributed by atoms with Crippen molar-refractivity contribution < 1.29 is 0 Å². The van der Waals surface area contributed by atoms with Crippen LogP contribution >= 0.6 is 11.6 Å². The summed E-state index contributed by atoms with van der Waals surface area (Å²) in [5.74, 6) is 0. The molecule has 0 aliphatic heterocycles. The first-order chi connectivity index (χ1) is 11.8. The number of aromatic nitrogens is 2. The molecule has 0 radical (unpaired) electrons. The van der Waals surface area contributed by atoms with E-state index >= 15 is 0 Å². The summed E-state index contributed by atoms with van der Waals surface area (Å²) < 4.78 is 1.92. The molecule has 24 heavy (non-hydrogen) atoms. The third-order valence-electron chi connectivity index (χ3n) is 4.96. The van der Waals surface area contributed by atoms with Gasteiger partial charge >= 0.3 is 0 Å². The lowest BCUT2D eigenvalue weighted by molar-refractivity contribution is 0.183. The van der Waals surface area contributed by atoms with Gasteiger partial charge in [-0.05, 0) is 54.7 Å². The fourth-order valence-corrected chi connectivity index (χ4v) is 3.55. The number of rotatable bonds is 5. The number of nitrogens with one attached hydrogen (secondary N) is 1. The van der Waals surface area contributed by atoms with Gasteiger partial charge in [-0.15, -0.1) is 0 Å². The zero-order chi connectivity index (χ0) is 16.4. The molecule has 1 fully saturated rings. The van der Waals surface area contributed by atoms with Crippen LogP contribution in [-0.4, -0.2) is 9.78 Å². The lowest BCUT2D eigenvalue weighted by Crippen LogP contribution is -2.47. The number of benzene rings is 2. The average Bonchev–Trinajstić information content (AvgIpc) is 3.10. The van der Waals surface area contributed by atoms with E-state index in [1.807, 2.05) is 35.3 Å². The second kappa shape index (κ2) is 6.42. The molecular formula is C20H20ClN3. The Bertz CT molecular complexity index is 805. The van der Waals surface area contributed by atoms with Crippen LogP contribution in [0.4, 0.5) is 0 Å². The van der Waals surface area contributed by atoms with Crippen LogP contribution in [0, 0.1) is 0 Å². The summed E-state index contributed by atoms with van der Waals surface area (Å²) in [6, 6.07) is 18.6. The van der Waals surface area contributed by atoms with Crippen molar-refractivity contribution >= 4 is 11.6 Å². The van der Waals surface area contributed by atoms with E-state index in [1.165, 1.54) is 30.4 Å². The second-order valence-corrected chi connectivity index (χ2v) is 6.81. The van der Waals surface area contributed by atoms with E-state index in [2.05, 4.69) is 46.8 Å². The average molecular weight is 338 g/mol. The molecule has 4 heteroatoms. The molecule has 3 nitrogen and oxygen atoms in total. The van der Waals surface area contributed by atoms with Gasteiger partial charge in [-0.1, -0.05) is 41.9 Å². The van der Waals surface area contributed by atoms with E-state index in [-0.39, 0.29) is 5.54 Å². The summed E-state index contributed by atoms with van der Waals surface area (Å²) in [6.45, 7) is 0.818. The van der Waals surface area contributed by atoms with Crippen LogP contribution in [0.15, 0.2) is 67.0 Å². The number of para-hydroxylation sites is 1. The van der Waals surface area contributed by atoms with E-state index in [0.29, 0.717) is 0 Å². The van der Waals surface area contributed by atoms with Crippen LogP contribution < -0.4 is 5.32 Å². The summed E-state index contributed by atoms with van der Waals surface area (Å²) in [5.41, 5.74) is 3.78. The van der Waals surface area contributed by atoms with Crippen LogP contribution in [0.3, 0.4) is 0 Å². The van der Waals surface area contributed by atoms with Crippen molar-refractivity contribution in [3.8, 4) is 5.69 Å². The van der Waals surface area contributed by atoms with Gasteiger partial charge in [0.15, 0.2) is 0 Å². The van der Waals surface area contributed by atoms with Crippen molar-refractivity contribution in [3.05, 3.63) is 83.1 Å². The Kier molecular flexibility index (Phi) is 4.13. The minimum Gasteiger partial charge on any atom is -0.303 e. The molecule has 0 unspecified atom stereocenters. The standard InChI is InChI=1S/C20H20ClN3/c21-18-9-7-17(8-10-18)20(11-3-12-20)22-15-16-5-1-2-6-19(16)24-14-4-13-23-24/h1-2,4-10,13-14,22H,3,11-12,15H2. The molecular weight excluding hydrogens is 318 g/mol. The van der Waals surface area contributed by atoms with Gasteiger partial charge in [0, 0.05) is 29.5 Å². The van der Waals surface area contributed by atoms with Gasteiger partial charge in [0.25, 0.3) is 0 Å². The van der Waals surface area contributed by atoms with Gasteiger partial charge in [-0.25, -0.2) is 4.68 Å². The summed E-state index contributed by atoms with van der Waals surface area (Å²) in [4.78, 5) is 0. The first kappa shape index (κ1) is 15.4. The van der Waals surface area contributed by atoms with Gasteiger partial charge in [-0.2, -0.15) is 5.10 Å². The minimum absolute atomic E-state index is 0.0712. The zero-order valence-corrected chi connectivity index (χ0v) is 14.2. The lowest BCUT2D eigenvalue weighted by atomic mass is 9.71. The number of hydrogen-bond donors (Lipinski definition) is 1. The second-order valence-electron chi connectivity index (χ2n) is 6.38. The van der Waals surface area contributed by atoms with Crippen molar-refractivity contribution in [2.75, 3.05) is 0 Å². The van der Waals surface area contributed by atoms with Gasteiger partial charge in [-0.3, -0.25) is 0 Å². The van der Waals surface area contributed by atoms with E-state index in [1.54, 1.807) is 0 Å². The highest BCUT2D eigenvalue weighted by molar-refractivity contribution is 6.30. The van der Waals surface area contributed by atoms with Crippen molar-refractivity contribution in [3.63, 3.8) is 0 Å². The molecule has 1 aliphatic rings. The molecule has 0 amide bonds. The van der Waals surface area contributed by atoms with E-state index in [4.69, 9.17) is 11.6 Å². The van der Waals surface area contributed by atoms with Gasteiger partial charge in [0.2, 0.25) is 0 Å². The summed E-state index contributed by atoms with van der Waals surface area (Å²) in [5, 5.41) is 8.96. The monoisotopic (exact) mass is 337 g/mol. The molecule has 0 saturated heterocycles. The van der Waals surface area contributed by atoms with Crippen LogP contribution in [0.1, 0.15) is 30.4 Å². The highest BCUT2D eigenvalue weighted by Gasteiger charge is 2.38. The fourth-order valence-electron chi connectivity index (χ4n) is 3.43.